The van der Waals surface area contributed by atoms with Crippen LogP contribution in [0.5, 0.6) is 0 Å². The van der Waals surface area contributed by atoms with Crippen LogP contribution in [-0.2, 0) is 16.6 Å². The van der Waals surface area contributed by atoms with Gasteiger partial charge in [0.25, 0.3) is 0 Å². The van der Waals surface area contributed by atoms with E-state index >= 15 is 0 Å². The van der Waals surface area contributed by atoms with Crippen LogP contribution >= 0.6 is 0 Å². The largest absolute Gasteiger partial charge is 0.392 e. The molecule has 0 saturated heterocycles. The molecule has 0 bridgehead atoms. The van der Waals surface area contributed by atoms with Crippen LogP contribution in [-0.4, -0.2) is 19.1 Å². The summed E-state index contributed by atoms with van der Waals surface area (Å²) in [5, 5.41) is 8.97. The Labute approximate surface area is 106 Å². The Balaban J connectivity index is 2.34. The highest BCUT2D eigenvalue weighted by atomic mass is 32.2. The molecule has 0 heterocycles. The summed E-state index contributed by atoms with van der Waals surface area (Å²) in [6.07, 6.45) is 2.49. The summed E-state index contributed by atoms with van der Waals surface area (Å²) in [5.74, 6) is -0.803. The van der Waals surface area contributed by atoms with Gasteiger partial charge in [0.15, 0.2) is 0 Å². The number of sulfonamides is 1. The maximum absolute atomic E-state index is 13.6. The van der Waals surface area contributed by atoms with Crippen LogP contribution in [0, 0.1) is 5.82 Å². The van der Waals surface area contributed by atoms with E-state index < -0.39 is 26.3 Å². The zero-order valence-corrected chi connectivity index (χ0v) is 10.9. The van der Waals surface area contributed by atoms with E-state index in [1.54, 1.807) is 0 Å². The van der Waals surface area contributed by atoms with Crippen LogP contribution in [0.2, 0.25) is 0 Å². The smallest absolute Gasteiger partial charge is 0.243 e. The van der Waals surface area contributed by atoms with Gasteiger partial charge in [0, 0.05) is 5.54 Å². The third-order valence-corrected chi connectivity index (χ3v) is 4.96. The second-order valence-corrected chi connectivity index (χ2v) is 6.59. The summed E-state index contributed by atoms with van der Waals surface area (Å²) in [6, 6.07) is 3.59. The van der Waals surface area contributed by atoms with Gasteiger partial charge in [0.1, 0.15) is 10.7 Å². The van der Waals surface area contributed by atoms with Crippen LogP contribution in [0.15, 0.2) is 23.1 Å². The highest BCUT2D eigenvalue weighted by molar-refractivity contribution is 7.89. The van der Waals surface area contributed by atoms with Crippen molar-refractivity contribution in [2.75, 3.05) is 0 Å². The molecule has 0 unspecified atom stereocenters. The van der Waals surface area contributed by atoms with Gasteiger partial charge in [-0.05, 0) is 43.9 Å². The molecule has 1 fully saturated rings. The van der Waals surface area contributed by atoms with Gasteiger partial charge in [-0.1, -0.05) is 6.07 Å². The molecule has 18 heavy (non-hydrogen) atoms. The first-order valence-electron chi connectivity index (χ1n) is 5.80. The van der Waals surface area contributed by atoms with Gasteiger partial charge in [-0.3, -0.25) is 0 Å². The topological polar surface area (TPSA) is 66.4 Å². The molecule has 100 valence electrons. The van der Waals surface area contributed by atoms with E-state index in [-0.39, 0.29) is 6.61 Å². The molecule has 0 radical (unpaired) electrons. The third kappa shape index (κ3) is 2.55. The van der Waals surface area contributed by atoms with Crippen molar-refractivity contribution in [1.82, 2.24) is 4.72 Å². The first-order valence-corrected chi connectivity index (χ1v) is 7.28. The average Bonchev–Trinajstić information content (AvgIpc) is 2.27. The van der Waals surface area contributed by atoms with Crippen molar-refractivity contribution in [3.63, 3.8) is 0 Å². The van der Waals surface area contributed by atoms with Crippen molar-refractivity contribution >= 4 is 10.0 Å². The molecule has 1 aromatic carbocycles. The van der Waals surface area contributed by atoms with Gasteiger partial charge in [-0.2, -0.15) is 0 Å². The molecule has 0 atom stereocenters. The fourth-order valence-electron chi connectivity index (χ4n) is 2.04. The fourth-order valence-corrected chi connectivity index (χ4v) is 3.63. The molecule has 0 amide bonds. The van der Waals surface area contributed by atoms with E-state index in [0.717, 1.165) is 25.3 Å². The number of halogens is 1. The molecule has 0 aliphatic heterocycles. The van der Waals surface area contributed by atoms with Crippen LogP contribution < -0.4 is 4.72 Å². The number of nitrogens with one attached hydrogen (secondary N) is 1. The number of rotatable bonds is 4. The Morgan fingerprint density at radius 3 is 2.61 bits per heavy atom. The second kappa shape index (κ2) is 4.60. The van der Waals surface area contributed by atoms with E-state index in [1.165, 1.54) is 12.1 Å². The fraction of sp³-hybridized carbons (Fsp3) is 0.500. The van der Waals surface area contributed by atoms with E-state index in [9.17, 15) is 12.8 Å². The van der Waals surface area contributed by atoms with Crippen molar-refractivity contribution in [3.8, 4) is 0 Å². The second-order valence-electron chi connectivity index (χ2n) is 4.94. The van der Waals surface area contributed by atoms with Crippen molar-refractivity contribution in [3.05, 3.63) is 29.6 Å². The summed E-state index contributed by atoms with van der Waals surface area (Å²) in [5.41, 5.74) is -0.101. The van der Waals surface area contributed by atoms with Gasteiger partial charge in [-0.25, -0.2) is 17.5 Å². The van der Waals surface area contributed by atoms with Gasteiger partial charge >= 0.3 is 0 Å². The molecule has 1 saturated carbocycles. The lowest BCUT2D eigenvalue weighted by atomic mass is 9.80. The lowest BCUT2D eigenvalue weighted by molar-refractivity contribution is 0.247. The van der Waals surface area contributed by atoms with Gasteiger partial charge < -0.3 is 5.11 Å². The van der Waals surface area contributed by atoms with E-state index in [0.29, 0.717) is 5.56 Å². The summed E-state index contributed by atoms with van der Waals surface area (Å²) in [6.45, 7) is 1.49. The minimum absolute atomic E-state index is 0.319. The van der Waals surface area contributed by atoms with Crippen molar-refractivity contribution in [1.29, 1.82) is 0 Å². The quantitative estimate of drug-likeness (QED) is 0.874. The van der Waals surface area contributed by atoms with Crippen LogP contribution in [0.3, 0.4) is 0 Å². The predicted octanol–water partition coefficient (Wildman–Crippen LogP) is 1.54. The van der Waals surface area contributed by atoms with E-state index in [4.69, 9.17) is 5.11 Å². The number of aliphatic hydroxyl groups is 1. The zero-order valence-electron chi connectivity index (χ0n) is 10.1. The maximum Gasteiger partial charge on any atom is 0.243 e. The van der Waals surface area contributed by atoms with Gasteiger partial charge in [0.2, 0.25) is 10.0 Å². The normalized spacial score (nSPS) is 18.4. The molecule has 6 heteroatoms. The van der Waals surface area contributed by atoms with E-state index in [1.807, 2.05) is 6.92 Å². The first-order chi connectivity index (χ1) is 8.36. The highest BCUT2D eigenvalue weighted by Crippen LogP contribution is 2.33. The Bertz CT molecular complexity index is 552. The van der Waals surface area contributed by atoms with Crippen molar-refractivity contribution in [2.45, 2.75) is 43.2 Å². The van der Waals surface area contributed by atoms with Gasteiger partial charge in [-0.15, -0.1) is 0 Å². The monoisotopic (exact) mass is 273 g/mol. The van der Waals surface area contributed by atoms with Crippen LogP contribution in [0.4, 0.5) is 4.39 Å². The lowest BCUT2D eigenvalue weighted by Gasteiger charge is -2.38. The molecule has 2 N–H and O–H groups in total. The van der Waals surface area contributed by atoms with Gasteiger partial charge in [0.05, 0.1) is 6.61 Å². The Kier molecular flexibility index (Phi) is 3.44. The van der Waals surface area contributed by atoms with Crippen LogP contribution in [0.25, 0.3) is 0 Å². The summed E-state index contributed by atoms with van der Waals surface area (Å²) >= 11 is 0. The molecular weight excluding hydrogens is 257 g/mol. The van der Waals surface area contributed by atoms with Crippen molar-refractivity contribution < 1.29 is 17.9 Å². The summed E-state index contributed by atoms with van der Waals surface area (Å²) < 4.78 is 40.3. The third-order valence-electron chi connectivity index (χ3n) is 3.31. The highest BCUT2D eigenvalue weighted by Gasteiger charge is 2.37. The number of hydrogen-bond acceptors (Lipinski definition) is 3. The Morgan fingerprint density at radius 1 is 1.44 bits per heavy atom. The minimum Gasteiger partial charge on any atom is -0.392 e. The molecule has 0 spiro atoms. The number of hydrogen-bond donors (Lipinski definition) is 2. The molecule has 2 rings (SSSR count). The lowest BCUT2D eigenvalue weighted by Crippen LogP contribution is -2.50. The Hall–Kier alpha value is -0.980. The SMILES string of the molecule is CC1(NS(=O)(=O)c2cc(CO)ccc2F)CCC1. The average molecular weight is 273 g/mol. The van der Waals surface area contributed by atoms with Crippen molar-refractivity contribution in [2.24, 2.45) is 0 Å². The first kappa shape index (κ1) is 13.5. The van der Waals surface area contributed by atoms with E-state index in [2.05, 4.69) is 4.72 Å². The zero-order chi connectivity index (χ0) is 13.4. The molecule has 1 aliphatic rings. The summed E-state index contributed by atoms with van der Waals surface area (Å²) in [7, 11) is -3.88. The molecule has 1 aliphatic carbocycles. The molecule has 0 aromatic heterocycles. The Morgan fingerprint density at radius 2 is 2.11 bits per heavy atom. The predicted molar refractivity (Wildman–Crippen MR) is 64.9 cm³/mol. The number of aliphatic hydroxyl groups excluding tert-OH is 1. The molecule has 4 nitrogen and oxygen atoms in total. The summed E-state index contributed by atoms with van der Waals surface area (Å²) in [4.78, 5) is -0.401. The van der Waals surface area contributed by atoms with Crippen LogP contribution in [0.1, 0.15) is 31.7 Å². The molecule has 1 aromatic rings. The molecular formula is C12H16FNO3S. The standard InChI is InChI=1S/C12H16FNO3S/c1-12(5-2-6-12)14-18(16,17)11-7-9(8-15)3-4-10(11)13/h3-4,7,14-15H,2,5-6,8H2,1H3. The maximum atomic E-state index is 13.6. The number of benzene rings is 1. The minimum atomic E-state index is -3.88.